The van der Waals surface area contributed by atoms with Gasteiger partial charge < -0.3 is 15.2 Å². The second-order valence-corrected chi connectivity index (χ2v) is 6.81. The van der Waals surface area contributed by atoms with Crippen molar-refractivity contribution in [1.29, 1.82) is 0 Å². The molecule has 1 aliphatic rings. The Morgan fingerprint density at radius 3 is 2.48 bits per heavy atom. The van der Waals surface area contributed by atoms with Crippen LogP contribution in [0.4, 0.5) is 5.69 Å². The van der Waals surface area contributed by atoms with Gasteiger partial charge in [-0.2, -0.15) is 0 Å². The average molecular weight is 319 g/mol. The second kappa shape index (κ2) is 7.13. The fraction of sp³-hybridized carbons (Fsp3) is 0.556. The quantitative estimate of drug-likeness (QED) is 0.838. The molecule has 1 amide bonds. The second-order valence-electron chi connectivity index (χ2n) is 6.81. The first kappa shape index (κ1) is 17.5. The molecular weight excluding hydrogens is 294 g/mol. The molecular formula is C18H25NO4. The Labute approximate surface area is 137 Å². The summed E-state index contributed by atoms with van der Waals surface area (Å²) in [6.07, 6.45) is 4.50. The first-order valence-electron chi connectivity index (χ1n) is 8.02. The summed E-state index contributed by atoms with van der Waals surface area (Å²) in [6.45, 7) is 4.24. The Balaban J connectivity index is 2.20. The van der Waals surface area contributed by atoms with Crippen molar-refractivity contribution in [1.82, 2.24) is 0 Å². The Morgan fingerprint density at radius 2 is 1.91 bits per heavy atom. The van der Waals surface area contributed by atoms with E-state index in [-0.39, 0.29) is 11.5 Å². The number of methoxy groups -OCH3 is 1. The molecule has 0 heterocycles. The van der Waals surface area contributed by atoms with Crippen molar-refractivity contribution in [2.75, 3.05) is 12.4 Å². The van der Waals surface area contributed by atoms with Crippen LogP contribution in [0.3, 0.4) is 0 Å². The zero-order valence-electron chi connectivity index (χ0n) is 14.0. The van der Waals surface area contributed by atoms with Crippen LogP contribution in [-0.2, 0) is 16.1 Å². The lowest BCUT2D eigenvalue weighted by Gasteiger charge is -2.30. The highest BCUT2D eigenvalue weighted by Crippen LogP contribution is 2.40. The Kier molecular flexibility index (Phi) is 5.42. The Bertz CT molecular complexity index is 589. The van der Waals surface area contributed by atoms with Gasteiger partial charge in [0.25, 0.3) is 0 Å². The molecule has 5 heteroatoms. The normalized spacial score (nSPS) is 15.6. The van der Waals surface area contributed by atoms with Crippen LogP contribution in [0.1, 0.15) is 55.5 Å². The van der Waals surface area contributed by atoms with Gasteiger partial charge in [0.2, 0.25) is 5.91 Å². The molecule has 1 aromatic carbocycles. The van der Waals surface area contributed by atoms with Gasteiger partial charge in [0.1, 0.15) is 0 Å². The predicted molar refractivity (Wildman–Crippen MR) is 88.5 cm³/mol. The molecule has 0 aromatic heterocycles. The van der Waals surface area contributed by atoms with Gasteiger partial charge in [0.15, 0.2) is 0 Å². The largest absolute Gasteiger partial charge is 0.478 e. The molecule has 1 fully saturated rings. The highest BCUT2D eigenvalue weighted by Gasteiger charge is 2.38. The van der Waals surface area contributed by atoms with Crippen LogP contribution in [0.5, 0.6) is 0 Å². The minimum Gasteiger partial charge on any atom is -0.478 e. The lowest BCUT2D eigenvalue weighted by atomic mass is 9.77. The molecule has 0 spiro atoms. The van der Waals surface area contributed by atoms with Gasteiger partial charge in [-0.15, -0.1) is 0 Å². The molecule has 23 heavy (non-hydrogen) atoms. The lowest BCUT2D eigenvalue weighted by Crippen LogP contribution is -2.36. The van der Waals surface area contributed by atoms with Crippen molar-refractivity contribution in [3.63, 3.8) is 0 Å². The number of rotatable bonds is 6. The van der Waals surface area contributed by atoms with Crippen LogP contribution in [0.15, 0.2) is 18.2 Å². The van der Waals surface area contributed by atoms with Gasteiger partial charge in [-0.25, -0.2) is 4.79 Å². The van der Waals surface area contributed by atoms with Crippen LogP contribution < -0.4 is 5.32 Å². The topological polar surface area (TPSA) is 75.6 Å². The van der Waals surface area contributed by atoms with Crippen molar-refractivity contribution >= 4 is 17.6 Å². The standard InChI is InChI=1S/C18H25NO4/c1-18(2,14-6-4-5-7-14)17(22)19-15-9-12(11-23-3)8-13(10-15)16(20)21/h8-10,14H,4-7,11H2,1-3H3,(H,19,22)(H,20,21). The van der Waals surface area contributed by atoms with Crippen molar-refractivity contribution in [2.24, 2.45) is 11.3 Å². The van der Waals surface area contributed by atoms with Gasteiger partial charge in [0, 0.05) is 18.2 Å². The molecule has 0 aliphatic heterocycles. The number of hydrogen-bond acceptors (Lipinski definition) is 3. The molecule has 0 radical (unpaired) electrons. The third kappa shape index (κ3) is 4.10. The van der Waals surface area contributed by atoms with E-state index in [4.69, 9.17) is 4.74 Å². The number of benzene rings is 1. The molecule has 1 saturated carbocycles. The molecule has 0 saturated heterocycles. The number of amides is 1. The summed E-state index contributed by atoms with van der Waals surface area (Å²) in [5, 5.41) is 12.1. The smallest absolute Gasteiger partial charge is 0.335 e. The number of carbonyl (C=O) groups excluding carboxylic acids is 1. The van der Waals surface area contributed by atoms with Crippen molar-refractivity contribution in [2.45, 2.75) is 46.1 Å². The molecule has 2 N–H and O–H groups in total. The first-order valence-corrected chi connectivity index (χ1v) is 8.02. The number of carboxylic acid groups (broad SMARTS) is 1. The van der Waals surface area contributed by atoms with E-state index in [9.17, 15) is 14.7 Å². The van der Waals surface area contributed by atoms with Gasteiger partial charge in [-0.3, -0.25) is 4.79 Å². The summed E-state index contributed by atoms with van der Waals surface area (Å²) in [4.78, 5) is 23.9. The molecule has 2 rings (SSSR count). The number of nitrogens with one attached hydrogen (secondary N) is 1. The molecule has 0 atom stereocenters. The van der Waals surface area contributed by atoms with Crippen LogP contribution in [0, 0.1) is 11.3 Å². The maximum absolute atomic E-state index is 12.7. The van der Waals surface area contributed by atoms with Gasteiger partial charge in [0.05, 0.1) is 12.2 Å². The van der Waals surface area contributed by atoms with E-state index in [1.54, 1.807) is 19.2 Å². The number of aromatic carboxylic acids is 1. The molecule has 126 valence electrons. The summed E-state index contributed by atoms with van der Waals surface area (Å²) in [7, 11) is 1.55. The summed E-state index contributed by atoms with van der Waals surface area (Å²) in [6, 6.07) is 4.81. The highest BCUT2D eigenvalue weighted by molar-refractivity contribution is 5.97. The van der Waals surface area contributed by atoms with Crippen LogP contribution in [0.2, 0.25) is 0 Å². The minimum atomic E-state index is -1.02. The first-order chi connectivity index (χ1) is 10.8. The van der Waals surface area contributed by atoms with E-state index in [1.165, 1.54) is 18.9 Å². The third-order valence-electron chi connectivity index (χ3n) is 4.77. The van der Waals surface area contributed by atoms with E-state index in [0.29, 0.717) is 18.2 Å². The maximum atomic E-state index is 12.7. The lowest BCUT2D eigenvalue weighted by molar-refractivity contribution is -0.126. The molecule has 1 aromatic rings. The minimum absolute atomic E-state index is 0.0599. The summed E-state index contributed by atoms with van der Waals surface area (Å²) in [5.74, 6) is -0.701. The Hall–Kier alpha value is -1.88. The van der Waals surface area contributed by atoms with Crippen molar-refractivity contribution in [3.8, 4) is 0 Å². The summed E-state index contributed by atoms with van der Waals surface area (Å²) in [5.41, 5.74) is 0.917. The highest BCUT2D eigenvalue weighted by atomic mass is 16.5. The van der Waals surface area contributed by atoms with Gasteiger partial charge in [-0.1, -0.05) is 26.7 Å². The number of anilines is 1. The molecule has 0 unspecified atom stereocenters. The monoisotopic (exact) mass is 319 g/mol. The molecule has 5 nitrogen and oxygen atoms in total. The van der Waals surface area contributed by atoms with E-state index in [1.807, 2.05) is 13.8 Å². The Morgan fingerprint density at radius 1 is 1.26 bits per heavy atom. The maximum Gasteiger partial charge on any atom is 0.335 e. The van der Waals surface area contributed by atoms with Crippen LogP contribution in [-0.4, -0.2) is 24.1 Å². The fourth-order valence-electron chi connectivity index (χ4n) is 3.26. The summed E-state index contributed by atoms with van der Waals surface area (Å²) < 4.78 is 5.07. The number of carboxylic acids is 1. The SMILES string of the molecule is COCc1cc(NC(=O)C(C)(C)C2CCCC2)cc(C(=O)O)c1. The zero-order valence-corrected chi connectivity index (χ0v) is 14.0. The van der Waals surface area contributed by atoms with E-state index < -0.39 is 11.4 Å². The van der Waals surface area contributed by atoms with Crippen LogP contribution in [0.25, 0.3) is 0 Å². The van der Waals surface area contributed by atoms with E-state index in [2.05, 4.69) is 5.32 Å². The van der Waals surface area contributed by atoms with E-state index in [0.717, 1.165) is 18.4 Å². The molecule has 1 aliphatic carbocycles. The van der Waals surface area contributed by atoms with Gasteiger partial charge in [-0.05, 0) is 42.5 Å². The van der Waals surface area contributed by atoms with E-state index >= 15 is 0 Å². The zero-order chi connectivity index (χ0) is 17.0. The number of hydrogen-bond donors (Lipinski definition) is 2. The third-order valence-corrected chi connectivity index (χ3v) is 4.77. The van der Waals surface area contributed by atoms with Crippen molar-refractivity contribution < 1.29 is 19.4 Å². The fourth-order valence-corrected chi connectivity index (χ4v) is 3.26. The number of carbonyl (C=O) groups is 2. The van der Waals surface area contributed by atoms with Crippen LogP contribution >= 0.6 is 0 Å². The number of ether oxygens (including phenoxy) is 1. The van der Waals surface area contributed by atoms with Crippen molar-refractivity contribution in [3.05, 3.63) is 29.3 Å². The summed E-state index contributed by atoms with van der Waals surface area (Å²) >= 11 is 0. The molecule has 0 bridgehead atoms. The van der Waals surface area contributed by atoms with Gasteiger partial charge >= 0.3 is 5.97 Å². The predicted octanol–water partition coefficient (Wildman–Crippen LogP) is 3.69. The average Bonchev–Trinajstić information content (AvgIpc) is 3.02.